The molecule has 0 aliphatic heterocycles. The van der Waals surface area contributed by atoms with Crippen molar-refractivity contribution in [3.63, 3.8) is 0 Å². The first-order chi connectivity index (χ1) is 5.77. The Kier molecular flexibility index (Phi) is 2.48. The maximum Gasteiger partial charge on any atom is 0.139 e. The molecule has 1 rings (SSSR count). The highest BCUT2D eigenvalue weighted by atomic mass is 16.3. The van der Waals surface area contributed by atoms with E-state index in [0.717, 1.165) is 0 Å². The molecule has 0 saturated heterocycles. The molecular formula is C10H7NO. The Morgan fingerprint density at radius 1 is 1.33 bits per heavy atom. The molecule has 1 N–H and O–H groups in total. The fraction of sp³-hybridized carbons (Fsp3) is 0.100. The predicted octanol–water partition coefficient (Wildman–Crippen LogP) is 1.22. The zero-order chi connectivity index (χ0) is 8.97. The minimum Gasteiger partial charge on any atom is -0.376 e. The predicted molar refractivity (Wildman–Crippen MR) is 44.9 cm³/mol. The van der Waals surface area contributed by atoms with Gasteiger partial charge in [-0.2, -0.15) is 5.26 Å². The second-order valence-corrected chi connectivity index (χ2v) is 2.30. The van der Waals surface area contributed by atoms with Gasteiger partial charge in [-0.15, -0.1) is 6.42 Å². The molecule has 1 atom stereocenters. The molecule has 0 fully saturated rings. The number of rotatable bonds is 1. The minimum atomic E-state index is -0.877. The molecule has 12 heavy (non-hydrogen) atoms. The van der Waals surface area contributed by atoms with Gasteiger partial charge in [-0.05, 0) is 17.7 Å². The Morgan fingerprint density at radius 3 is 2.33 bits per heavy atom. The number of hydrogen-bond donors (Lipinski definition) is 1. The van der Waals surface area contributed by atoms with Crippen LogP contribution < -0.4 is 0 Å². The van der Waals surface area contributed by atoms with Crippen LogP contribution in [-0.2, 0) is 0 Å². The lowest BCUT2D eigenvalue weighted by atomic mass is 10.1. The van der Waals surface area contributed by atoms with Gasteiger partial charge in [0.2, 0.25) is 0 Å². The van der Waals surface area contributed by atoms with Crippen molar-refractivity contribution in [2.24, 2.45) is 0 Å². The van der Waals surface area contributed by atoms with E-state index in [1.165, 1.54) is 0 Å². The Morgan fingerprint density at radius 2 is 1.92 bits per heavy atom. The van der Waals surface area contributed by atoms with Crippen molar-refractivity contribution < 1.29 is 5.11 Å². The minimum absolute atomic E-state index is 0.558. The molecule has 0 spiro atoms. The zero-order valence-electron chi connectivity index (χ0n) is 6.36. The maximum absolute atomic E-state index is 9.17. The van der Waals surface area contributed by atoms with Crippen LogP contribution >= 0.6 is 0 Å². The lowest BCUT2D eigenvalue weighted by Crippen LogP contribution is -1.92. The first kappa shape index (κ1) is 8.33. The summed E-state index contributed by atoms with van der Waals surface area (Å²) >= 11 is 0. The van der Waals surface area contributed by atoms with Crippen LogP contribution in [0, 0.1) is 23.7 Å². The second-order valence-electron chi connectivity index (χ2n) is 2.30. The molecule has 0 bridgehead atoms. The topological polar surface area (TPSA) is 44.0 Å². The van der Waals surface area contributed by atoms with Crippen molar-refractivity contribution >= 4 is 0 Å². The summed E-state index contributed by atoms with van der Waals surface area (Å²) in [6, 6.07) is 8.50. The summed E-state index contributed by atoms with van der Waals surface area (Å²) in [5, 5.41) is 17.6. The summed E-state index contributed by atoms with van der Waals surface area (Å²) < 4.78 is 0. The summed E-state index contributed by atoms with van der Waals surface area (Å²) in [7, 11) is 0. The van der Waals surface area contributed by atoms with Crippen LogP contribution in [0.2, 0.25) is 0 Å². The van der Waals surface area contributed by atoms with Crippen LogP contribution in [0.4, 0.5) is 0 Å². The number of aliphatic hydroxyl groups excluding tert-OH is 1. The van der Waals surface area contributed by atoms with Crippen molar-refractivity contribution in [3.05, 3.63) is 35.4 Å². The molecule has 1 aromatic rings. The smallest absolute Gasteiger partial charge is 0.139 e. The number of hydrogen-bond acceptors (Lipinski definition) is 2. The number of benzene rings is 1. The third-order valence-corrected chi connectivity index (χ3v) is 1.51. The fourth-order valence-electron chi connectivity index (χ4n) is 0.836. The molecule has 0 radical (unpaired) electrons. The summed E-state index contributed by atoms with van der Waals surface area (Å²) in [5.74, 6) is 2.19. The molecule has 58 valence electrons. The van der Waals surface area contributed by atoms with Crippen molar-refractivity contribution in [2.75, 3.05) is 0 Å². The molecule has 0 unspecified atom stereocenters. The Balaban J connectivity index is 2.96. The Bertz CT molecular complexity index is 340. The molecule has 0 aromatic heterocycles. The maximum atomic E-state index is 9.17. The van der Waals surface area contributed by atoms with Gasteiger partial charge in [0.05, 0.1) is 11.6 Å². The van der Waals surface area contributed by atoms with Crippen LogP contribution in [0.5, 0.6) is 0 Å². The molecule has 0 saturated carbocycles. The summed E-state index contributed by atoms with van der Waals surface area (Å²) in [5.41, 5.74) is 1.19. The van der Waals surface area contributed by atoms with E-state index in [9.17, 15) is 5.11 Å². The van der Waals surface area contributed by atoms with Crippen LogP contribution in [0.25, 0.3) is 0 Å². The lowest BCUT2D eigenvalue weighted by molar-refractivity contribution is 0.238. The highest BCUT2D eigenvalue weighted by Crippen LogP contribution is 2.11. The van der Waals surface area contributed by atoms with E-state index < -0.39 is 6.10 Å². The van der Waals surface area contributed by atoms with E-state index >= 15 is 0 Å². The lowest BCUT2D eigenvalue weighted by Gasteiger charge is -2.01. The SMILES string of the molecule is C#C[C@H](O)c1ccc(C#N)cc1. The van der Waals surface area contributed by atoms with Gasteiger partial charge in [0, 0.05) is 0 Å². The largest absolute Gasteiger partial charge is 0.376 e. The highest BCUT2D eigenvalue weighted by molar-refractivity contribution is 5.34. The quantitative estimate of drug-likeness (QED) is 0.623. The standard InChI is InChI=1S/C10H7NO/c1-2-10(12)9-5-3-8(7-11)4-6-9/h1,3-6,10,12H/t10-/m0/s1. The first-order valence-corrected chi connectivity index (χ1v) is 3.42. The molecule has 0 heterocycles. The molecular weight excluding hydrogens is 150 g/mol. The van der Waals surface area contributed by atoms with Crippen LogP contribution in [0.15, 0.2) is 24.3 Å². The molecule has 2 nitrogen and oxygen atoms in total. The van der Waals surface area contributed by atoms with Gasteiger partial charge in [0.25, 0.3) is 0 Å². The number of nitriles is 1. The van der Waals surface area contributed by atoms with Gasteiger partial charge < -0.3 is 5.11 Å². The van der Waals surface area contributed by atoms with E-state index in [4.69, 9.17) is 11.7 Å². The van der Waals surface area contributed by atoms with E-state index in [1.54, 1.807) is 24.3 Å². The normalized spacial score (nSPS) is 11.2. The number of terminal acetylenes is 1. The van der Waals surface area contributed by atoms with Crippen molar-refractivity contribution in [3.8, 4) is 18.4 Å². The van der Waals surface area contributed by atoms with Crippen LogP contribution in [-0.4, -0.2) is 5.11 Å². The van der Waals surface area contributed by atoms with E-state index in [-0.39, 0.29) is 0 Å². The van der Waals surface area contributed by atoms with Gasteiger partial charge in [-0.3, -0.25) is 0 Å². The third kappa shape index (κ3) is 1.63. The molecule has 0 aliphatic carbocycles. The summed E-state index contributed by atoms with van der Waals surface area (Å²) in [4.78, 5) is 0. The van der Waals surface area contributed by atoms with Gasteiger partial charge >= 0.3 is 0 Å². The van der Waals surface area contributed by atoms with Crippen molar-refractivity contribution in [2.45, 2.75) is 6.10 Å². The number of aliphatic hydroxyl groups is 1. The van der Waals surface area contributed by atoms with E-state index in [1.807, 2.05) is 6.07 Å². The molecule has 1 aromatic carbocycles. The van der Waals surface area contributed by atoms with Crippen molar-refractivity contribution in [1.82, 2.24) is 0 Å². The highest BCUT2D eigenvalue weighted by Gasteiger charge is 2.01. The van der Waals surface area contributed by atoms with E-state index in [2.05, 4.69) is 5.92 Å². The summed E-state index contributed by atoms with van der Waals surface area (Å²) in [6.07, 6.45) is 4.13. The van der Waals surface area contributed by atoms with Gasteiger partial charge in [0.15, 0.2) is 0 Å². The third-order valence-electron chi connectivity index (χ3n) is 1.51. The molecule has 0 amide bonds. The number of nitrogens with zero attached hydrogens (tertiary/aromatic N) is 1. The zero-order valence-corrected chi connectivity index (χ0v) is 6.36. The Labute approximate surface area is 71.1 Å². The van der Waals surface area contributed by atoms with Gasteiger partial charge in [0.1, 0.15) is 6.10 Å². The second kappa shape index (κ2) is 3.57. The van der Waals surface area contributed by atoms with E-state index in [0.29, 0.717) is 11.1 Å². The Hall–Kier alpha value is -1.77. The van der Waals surface area contributed by atoms with Gasteiger partial charge in [-0.25, -0.2) is 0 Å². The fourth-order valence-corrected chi connectivity index (χ4v) is 0.836. The molecule has 0 aliphatic rings. The van der Waals surface area contributed by atoms with Crippen LogP contribution in [0.3, 0.4) is 0 Å². The average molecular weight is 157 g/mol. The monoisotopic (exact) mass is 157 g/mol. The first-order valence-electron chi connectivity index (χ1n) is 3.42. The van der Waals surface area contributed by atoms with Crippen LogP contribution in [0.1, 0.15) is 17.2 Å². The molecule has 2 heteroatoms. The van der Waals surface area contributed by atoms with Crippen molar-refractivity contribution in [1.29, 1.82) is 5.26 Å². The average Bonchev–Trinajstić information content (AvgIpc) is 2.17. The van der Waals surface area contributed by atoms with Gasteiger partial charge in [-0.1, -0.05) is 18.1 Å². The summed E-state index contributed by atoms with van der Waals surface area (Å²) in [6.45, 7) is 0.